The first kappa shape index (κ1) is 20.9. The van der Waals surface area contributed by atoms with Crippen LogP contribution in [0.3, 0.4) is 0 Å². The Kier molecular flexibility index (Phi) is 5.27. The van der Waals surface area contributed by atoms with E-state index in [0.29, 0.717) is 24.4 Å². The predicted molar refractivity (Wildman–Crippen MR) is 132 cm³/mol. The minimum atomic E-state index is -0.359. The molecule has 0 unspecified atom stereocenters. The number of fused-ring (bicyclic) bond motifs is 1. The summed E-state index contributed by atoms with van der Waals surface area (Å²) in [6, 6.07) is 23.3. The van der Waals surface area contributed by atoms with Crippen molar-refractivity contribution in [3.63, 3.8) is 0 Å². The molecule has 0 bridgehead atoms. The Morgan fingerprint density at radius 1 is 0.882 bits per heavy atom. The number of hydrogen-bond donors (Lipinski definition) is 1. The van der Waals surface area contributed by atoms with Crippen LogP contribution in [0.15, 0.2) is 105 Å². The summed E-state index contributed by atoms with van der Waals surface area (Å²) >= 11 is 6.14. The molecule has 2 aromatic heterocycles. The maximum atomic E-state index is 13.8. The zero-order chi connectivity index (χ0) is 23.1. The van der Waals surface area contributed by atoms with Gasteiger partial charge in [-0.3, -0.25) is 4.79 Å². The molecule has 0 radical (unpaired) electrons. The summed E-state index contributed by atoms with van der Waals surface area (Å²) in [7, 11) is 0. The van der Waals surface area contributed by atoms with Crippen LogP contribution in [-0.4, -0.2) is 5.78 Å². The van der Waals surface area contributed by atoms with Gasteiger partial charge >= 0.3 is 0 Å². The molecule has 2 aromatic carbocycles. The molecule has 0 fully saturated rings. The first-order valence-electron chi connectivity index (χ1n) is 11.4. The lowest BCUT2D eigenvalue weighted by molar-refractivity contribution is -0.116. The molecule has 0 saturated carbocycles. The summed E-state index contributed by atoms with van der Waals surface area (Å²) in [6.07, 6.45) is 4.42. The molecule has 0 saturated heterocycles. The SMILES string of the molecule is O=C1C[C@@H](c2ccco2)CC2=C1[C@H](c1ccco1)N(Cc1ccc(Cl)cc1)c1ccccc1N2. The van der Waals surface area contributed by atoms with E-state index in [0.717, 1.165) is 39.7 Å². The highest BCUT2D eigenvalue weighted by molar-refractivity contribution is 6.30. The van der Waals surface area contributed by atoms with Crippen molar-refractivity contribution >= 4 is 28.8 Å². The number of allylic oxidation sites excluding steroid dienone is 1. The lowest BCUT2D eigenvalue weighted by Gasteiger charge is -2.34. The van der Waals surface area contributed by atoms with Crippen LogP contribution in [-0.2, 0) is 11.3 Å². The fraction of sp³-hybridized carbons (Fsp3) is 0.179. The zero-order valence-electron chi connectivity index (χ0n) is 18.4. The van der Waals surface area contributed by atoms with Gasteiger partial charge in [0.1, 0.15) is 17.6 Å². The van der Waals surface area contributed by atoms with Crippen molar-refractivity contribution in [2.45, 2.75) is 31.3 Å². The van der Waals surface area contributed by atoms with Crippen molar-refractivity contribution in [1.82, 2.24) is 0 Å². The second-order valence-corrected chi connectivity index (χ2v) is 9.19. The van der Waals surface area contributed by atoms with Crippen LogP contribution >= 0.6 is 11.6 Å². The molecular formula is C28H23ClN2O3. The number of para-hydroxylation sites is 2. The van der Waals surface area contributed by atoms with Gasteiger partial charge in [-0.2, -0.15) is 0 Å². The molecule has 0 amide bonds. The number of rotatable bonds is 4. The molecule has 170 valence electrons. The number of Topliss-reactive ketones (excluding diaryl/α,β-unsaturated/α-hetero) is 1. The van der Waals surface area contributed by atoms with E-state index in [9.17, 15) is 4.79 Å². The van der Waals surface area contributed by atoms with Crippen LogP contribution < -0.4 is 10.2 Å². The highest BCUT2D eigenvalue weighted by Crippen LogP contribution is 2.47. The van der Waals surface area contributed by atoms with E-state index in [1.165, 1.54) is 0 Å². The molecule has 1 aliphatic heterocycles. The van der Waals surface area contributed by atoms with Crippen molar-refractivity contribution in [1.29, 1.82) is 0 Å². The van der Waals surface area contributed by atoms with Crippen LogP contribution in [0.25, 0.3) is 0 Å². The molecular weight excluding hydrogens is 448 g/mol. The van der Waals surface area contributed by atoms with Crippen molar-refractivity contribution in [3.8, 4) is 0 Å². The van der Waals surface area contributed by atoms with Gasteiger partial charge in [-0.25, -0.2) is 0 Å². The fourth-order valence-corrected chi connectivity index (χ4v) is 5.21. The monoisotopic (exact) mass is 470 g/mol. The van der Waals surface area contributed by atoms with E-state index in [1.807, 2.05) is 60.7 Å². The van der Waals surface area contributed by atoms with E-state index in [1.54, 1.807) is 12.5 Å². The molecule has 34 heavy (non-hydrogen) atoms. The van der Waals surface area contributed by atoms with Gasteiger partial charge in [-0.1, -0.05) is 35.9 Å². The Hall–Kier alpha value is -3.70. The smallest absolute Gasteiger partial charge is 0.163 e. The van der Waals surface area contributed by atoms with Gasteiger partial charge in [0.2, 0.25) is 0 Å². The van der Waals surface area contributed by atoms with E-state index in [4.69, 9.17) is 20.4 Å². The first-order valence-corrected chi connectivity index (χ1v) is 11.8. The highest BCUT2D eigenvalue weighted by atomic mass is 35.5. The Morgan fingerprint density at radius 2 is 1.62 bits per heavy atom. The van der Waals surface area contributed by atoms with E-state index in [-0.39, 0.29) is 17.7 Å². The van der Waals surface area contributed by atoms with Gasteiger partial charge in [-0.05, 0) is 60.5 Å². The molecule has 2 aliphatic rings. The van der Waals surface area contributed by atoms with Gasteiger partial charge in [0.25, 0.3) is 0 Å². The second kappa shape index (κ2) is 8.58. The van der Waals surface area contributed by atoms with Crippen molar-refractivity contribution < 1.29 is 13.6 Å². The van der Waals surface area contributed by atoms with Crippen molar-refractivity contribution in [2.75, 3.05) is 10.2 Å². The first-order chi connectivity index (χ1) is 16.7. The third-order valence-corrected chi connectivity index (χ3v) is 6.87. The number of anilines is 2. The Labute approximate surface area is 202 Å². The molecule has 6 rings (SSSR count). The van der Waals surface area contributed by atoms with Crippen molar-refractivity contribution in [2.24, 2.45) is 0 Å². The highest BCUT2D eigenvalue weighted by Gasteiger charge is 2.41. The Balaban J connectivity index is 1.51. The number of benzene rings is 2. The number of furan rings is 2. The van der Waals surface area contributed by atoms with Crippen molar-refractivity contribution in [3.05, 3.63) is 119 Å². The number of nitrogens with zero attached hydrogens (tertiary/aromatic N) is 1. The maximum absolute atomic E-state index is 13.8. The molecule has 0 spiro atoms. The minimum Gasteiger partial charge on any atom is -0.469 e. The summed E-state index contributed by atoms with van der Waals surface area (Å²) in [6.45, 7) is 0.590. The lowest BCUT2D eigenvalue weighted by atomic mass is 9.81. The molecule has 1 N–H and O–H groups in total. The van der Waals surface area contributed by atoms with Crippen LogP contribution in [0.1, 0.15) is 41.9 Å². The van der Waals surface area contributed by atoms with Gasteiger partial charge in [0.15, 0.2) is 5.78 Å². The average molecular weight is 471 g/mol. The normalized spacial score (nSPS) is 19.9. The van der Waals surface area contributed by atoms with Gasteiger partial charge in [0.05, 0.1) is 23.9 Å². The third-order valence-electron chi connectivity index (χ3n) is 6.62. The summed E-state index contributed by atoms with van der Waals surface area (Å²) in [4.78, 5) is 16.0. The number of ketones is 1. The summed E-state index contributed by atoms with van der Waals surface area (Å²) in [5.74, 6) is 1.68. The van der Waals surface area contributed by atoms with Crippen LogP contribution in [0.5, 0.6) is 0 Å². The maximum Gasteiger partial charge on any atom is 0.163 e. The third kappa shape index (κ3) is 3.72. The molecule has 1 aliphatic carbocycles. The van der Waals surface area contributed by atoms with E-state index < -0.39 is 0 Å². The van der Waals surface area contributed by atoms with Crippen LogP contribution in [0.4, 0.5) is 11.4 Å². The number of nitrogens with one attached hydrogen (secondary N) is 1. The zero-order valence-corrected chi connectivity index (χ0v) is 19.2. The quantitative estimate of drug-likeness (QED) is 0.344. The minimum absolute atomic E-state index is 0.000906. The van der Waals surface area contributed by atoms with E-state index >= 15 is 0 Å². The fourth-order valence-electron chi connectivity index (χ4n) is 5.08. The molecule has 2 atom stereocenters. The number of carbonyl (C=O) groups is 1. The summed E-state index contributed by atoms with van der Waals surface area (Å²) in [5, 5.41) is 4.31. The van der Waals surface area contributed by atoms with Crippen LogP contribution in [0.2, 0.25) is 5.02 Å². The predicted octanol–water partition coefficient (Wildman–Crippen LogP) is 7.10. The largest absolute Gasteiger partial charge is 0.469 e. The second-order valence-electron chi connectivity index (χ2n) is 8.75. The van der Waals surface area contributed by atoms with Gasteiger partial charge in [-0.15, -0.1) is 0 Å². The molecule has 4 aromatic rings. The molecule has 3 heterocycles. The number of halogens is 1. The lowest BCUT2D eigenvalue weighted by Crippen LogP contribution is -2.33. The van der Waals surface area contributed by atoms with Crippen LogP contribution in [0, 0.1) is 0 Å². The van der Waals surface area contributed by atoms with E-state index in [2.05, 4.69) is 22.3 Å². The topological polar surface area (TPSA) is 58.6 Å². The average Bonchev–Trinajstić information content (AvgIpc) is 3.55. The molecule has 5 nitrogen and oxygen atoms in total. The Morgan fingerprint density at radius 3 is 2.35 bits per heavy atom. The number of hydrogen-bond acceptors (Lipinski definition) is 5. The number of carbonyl (C=O) groups excluding carboxylic acids is 1. The standard InChI is InChI=1S/C28H23ClN2O3/c29-20-11-9-18(10-12-20)17-31-23-6-2-1-5-21(23)30-22-15-19(25-7-3-13-33-25)16-24(32)27(22)28(31)26-8-4-14-34-26/h1-14,19,28,30H,15-17H2/t19-,28-/m0/s1. The van der Waals surface area contributed by atoms with Gasteiger partial charge in [0, 0.05) is 35.2 Å². The summed E-state index contributed by atoms with van der Waals surface area (Å²) in [5.41, 5.74) is 4.74. The molecule has 6 heteroatoms. The summed E-state index contributed by atoms with van der Waals surface area (Å²) < 4.78 is 11.6. The van der Waals surface area contributed by atoms with Gasteiger partial charge < -0.3 is 19.1 Å². The Bertz CT molecular complexity index is 1340.